The Labute approximate surface area is 197 Å². The summed E-state index contributed by atoms with van der Waals surface area (Å²) in [5.74, 6) is -5.07. The van der Waals surface area contributed by atoms with Gasteiger partial charge in [0, 0.05) is 23.9 Å². The lowest BCUT2D eigenvalue weighted by Crippen LogP contribution is -2.34. The Bertz CT molecular complexity index is 1030. The van der Waals surface area contributed by atoms with Crippen LogP contribution in [0.3, 0.4) is 0 Å². The lowest BCUT2D eigenvalue weighted by molar-refractivity contribution is -0.128. The molecule has 5 nitrogen and oxygen atoms in total. The molecule has 1 fully saturated rings. The van der Waals surface area contributed by atoms with Crippen molar-refractivity contribution in [3.05, 3.63) is 54.1 Å². The van der Waals surface area contributed by atoms with Gasteiger partial charge in [0.1, 0.15) is 16.9 Å². The van der Waals surface area contributed by atoms with Crippen LogP contribution in [0.4, 0.5) is 28.9 Å². The number of nitrogens with one attached hydrogen (secondary N) is 1. The molecule has 2 aromatic rings. The van der Waals surface area contributed by atoms with E-state index < -0.39 is 28.5 Å². The van der Waals surface area contributed by atoms with Crippen molar-refractivity contribution < 1.29 is 27.2 Å². The SMILES string of the molecule is CCCCN1C(=O)C(CC(=O)Nc2ccc(F)cc2F)SC1=Nc1ccc(SC(F)F)cc1. The van der Waals surface area contributed by atoms with Crippen molar-refractivity contribution in [2.45, 2.75) is 42.1 Å². The number of amidine groups is 1. The van der Waals surface area contributed by atoms with Crippen molar-refractivity contribution in [2.24, 2.45) is 4.99 Å². The smallest absolute Gasteiger partial charge is 0.288 e. The summed E-state index contributed by atoms with van der Waals surface area (Å²) in [4.78, 5) is 31.7. The molecule has 2 aromatic carbocycles. The van der Waals surface area contributed by atoms with Gasteiger partial charge in [-0.1, -0.05) is 36.9 Å². The molecule has 0 aromatic heterocycles. The van der Waals surface area contributed by atoms with E-state index in [4.69, 9.17) is 0 Å². The van der Waals surface area contributed by atoms with Gasteiger partial charge in [0.2, 0.25) is 11.8 Å². The lowest BCUT2D eigenvalue weighted by Gasteiger charge is -2.16. The second kappa shape index (κ2) is 11.6. The molecule has 0 saturated carbocycles. The number of unbranched alkanes of at least 4 members (excludes halogenated alkanes) is 1. The second-order valence-corrected chi connectivity index (χ2v) is 9.33. The Kier molecular flexibility index (Phi) is 8.79. The fourth-order valence-corrected chi connectivity index (χ4v) is 4.70. The number of rotatable bonds is 9. The maximum Gasteiger partial charge on any atom is 0.288 e. The minimum absolute atomic E-state index is 0.171. The van der Waals surface area contributed by atoms with Crippen molar-refractivity contribution in [3.8, 4) is 0 Å². The van der Waals surface area contributed by atoms with E-state index in [1.807, 2.05) is 6.92 Å². The highest BCUT2D eigenvalue weighted by molar-refractivity contribution is 8.15. The zero-order valence-corrected chi connectivity index (χ0v) is 19.2. The molecule has 1 aliphatic heterocycles. The zero-order valence-electron chi connectivity index (χ0n) is 17.6. The standard InChI is InChI=1S/C22H21F4N3O2S2/c1-2-3-10-29-20(31)18(12-19(30)28-17-9-4-13(23)11-16(17)24)33-22(29)27-14-5-7-15(8-6-14)32-21(25)26/h4-9,11,18,21H,2-3,10,12H2,1H3,(H,28,30). The molecule has 176 valence electrons. The highest BCUT2D eigenvalue weighted by Crippen LogP contribution is 2.33. The summed E-state index contributed by atoms with van der Waals surface area (Å²) in [5, 5.41) is 2.02. The van der Waals surface area contributed by atoms with Gasteiger partial charge >= 0.3 is 0 Å². The second-order valence-electron chi connectivity index (χ2n) is 7.09. The molecule has 1 aliphatic rings. The third kappa shape index (κ3) is 6.97. The van der Waals surface area contributed by atoms with Gasteiger partial charge in [-0.3, -0.25) is 14.5 Å². The number of hydrogen-bond acceptors (Lipinski definition) is 5. The minimum atomic E-state index is -2.52. The van der Waals surface area contributed by atoms with Crippen LogP contribution < -0.4 is 5.32 Å². The summed E-state index contributed by atoms with van der Waals surface area (Å²) in [6.45, 7) is 2.40. The summed E-state index contributed by atoms with van der Waals surface area (Å²) < 4.78 is 51.9. The van der Waals surface area contributed by atoms with Crippen molar-refractivity contribution in [1.82, 2.24) is 4.90 Å². The van der Waals surface area contributed by atoms with Crippen LogP contribution in [0.2, 0.25) is 0 Å². The van der Waals surface area contributed by atoms with Gasteiger partial charge in [-0.15, -0.1) is 0 Å². The Morgan fingerprint density at radius 2 is 1.94 bits per heavy atom. The van der Waals surface area contributed by atoms with E-state index >= 15 is 0 Å². The number of aliphatic imine (C=N–C) groups is 1. The van der Waals surface area contributed by atoms with E-state index in [-0.39, 0.29) is 18.0 Å². The summed E-state index contributed by atoms with van der Waals surface area (Å²) in [7, 11) is 0. The van der Waals surface area contributed by atoms with Crippen LogP contribution in [0.15, 0.2) is 52.4 Å². The average Bonchev–Trinajstić information content (AvgIpc) is 3.03. The summed E-state index contributed by atoms with van der Waals surface area (Å²) in [5.41, 5.74) is 0.319. The fraction of sp³-hybridized carbons (Fsp3) is 0.318. The van der Waals surface area contributed by atoms with E-state index in [0.29, 0.717) is 40.1 Å². The van der Waals surface area contributed by atoms with Crippen LogP contribution in [0, 0.1) is 11.6 Å². The number of alkyl halides is 2. The largest absolute Gasteiger partial charge is 0.324 e. The van der Waals surface area contributed by atoms with Crippen molar-refractivity contribution >= 4 is 51.9 Å². The summed E-state index contributed by atoms with van der Waals surface area (Å²) in [6.07, 6.45) is 1.36. The Balaban J connectivity index is 1.72. The third-order valence-electron chi connectivity index (χ3n) is 4.62. The molecule has 1 atom stereocenters. The molecule has 0 bridgehead atoms. The van der Waals surface area contributed by atoms with E-state index in [1.165, 1.54) is 17.0 Å². The number of anilines is 1. The molecule has 0 radical (unpaired) electrons. The Morgan fingerprint density at radius 3 is 2.58 bits per heavy atom. The number of amides is 2. The summed E-state index contributed by atoms with van der Waals surface area (Å²) in [6, 6.07) is 9.01. The molecule has 0 spiro atoms. The number of hydrogen-bond donors (Lipinski definition) is 1. The first-order chi connectivity index (χ1) is 15.8. The molecule has 0 aliphatic carbocycles. The van der Waals surface area contributed by atoms with Crippen LogP contribution in [-0.4, -0.2) is 39.4 Å². The first-order valence-electron chi connectivity index (χ1n) is 10.1. The van der Waals surface area contributed by atoms with Crippen LogP contribution in [0.1, 0.15) is 26.2 Å². The molecule has 11 heteroatoms. The number of thioether (sulfide) groups is 2. The van der Waals surface area contributed by atoms with Crippen molar-refractivity contribution in [1.29, 1.82) is 0 Å². The first kappa shape index (κ1) is 25.1. The lowest BCUT2D eigenvalue weighted by atomic mass is 10.2. The van der Waals surface area contributed by atoms with Crippen LogP contribution >= 0.6 is 23.5 Å². The van der Waals surface area contributed by atoms with Gasteiger partial charge < -0.3 is 5.32 Å². The quantitative estimate of drug-likeness (QED) is 0.338. The maximum absolute atomic E-state index is 13.8. The highest BCUT2D eigenvalue weighted by Gasteiger charge is 2.38. The topological polar surface area (TPSA) is 61.8 Å². The van der Waals surface area contributed by atoms with Gasteiger partial charge in [0.25, 0.3) is 5.76 Å². The van der Waals surface area contributed by atoms with E-state index in [9.17, 15) is 27.2 Å². The Hall–Kier alpha value is -2.53. The van der Waals surface area contributed by atoms with Crippen molar-refractivity contribution in [3.63, 3.8) is 0 Å². The molecule has 1 N–H and O–H groups in total. The van der Waals surface area contributed by atoms with Gasteiger partial charge in [-0.2, -0.15) is 8.78 Å². The van der Waals surface area contributed by atoms with Gasteiger partial charge in [-0.25, -0.2) is 13.8 Å². The van der Waals surface area contributed by atoms with E-state index in [2.05, 4.69) is 10.3 Å². The molecule has 33 heavy (non-hydrogen) atoms. The molecular formula is C22H21F4N3O2S2. The molecule has 2 amide bonds. The minimum Gasteiger partial charge on any atom is -0.324 e. The number of carbonyl (C=O) groups is 2. The maximum atomic E-state index is 13.8. The Morgan fingerprint density at radius 1 is 1.21 bits per heavy atom. The zero-order chi connectivity index (χ0) is 24.0. The highest BCUT2D eigenvalue weighted by atomic mass is 32.2. The molecule has 1 heterocycles. The fourth-order valence-electron chi connectivity index (χ4n) is 3.02. The number of nitrogens with zero attached hydrogens (tertiary/aromatic N) is 2. The molecular weight excluding hydrogens is 478 g/mol. The van der Waals surface area contributed by atoms with Gasteiger partial charge in [-0.05, 0) is 42.8 Å². The number of carbonyl (C=O) groups excluding carboxylic acids is 2. The molecule has 1 saturated heterocycles. The van der Waals surface area contributed by atoms with Crippen LogP contribution in [0.5, 0.6) is 0 Å². The van der Waals surface area contributed by atoms with Crippen LogP contribution in [-0.2, 0) is 9.59 Å². The monoisotopic (exact) mass is 499 g/mol. The van der Waals surface area contributed by atoms with E-state index in [0.717, 1.165) is 36.7 Å². The van der Waals surface area contributed by atoms with Crippen LogP contribution in [0.25, 0.3) is 0 Å². The number of benzene rings is 2. The number of halogens is 4. The summed E-state index contributed by atoms with van der Waals surface area (Å²) >= 11 is 1.55. The first-order valence-corrected chi connectivity index (χ1v) is 11.9. The van der Waals surface area contributed by atoms with E-state index in [1.54, 1.807) is 12.1 Å². The molecule has 1 unspecified atom stereocenters. The normalized spacial score (nSPS) is 17.3. The van der Waals surface area contributed by atoms with Gasteiger partial charge in [0.15, 0.2) is 5.17 Å². The average molecular weight is 500 g/mol. The van der Waals surface area contributed by atoms with Crippen molar-refractivity contribution in [2.75, 3.05) is 11.9 Å². The molecule has 3 rings (SSSR count). The third-order valence-corrected chi connectivity index (χ3v) is 6.52. The predicted octanol–water partition coefficient (Wildman–Crippen LogP) is 6.04. The van der Waals surface area contributed by atoms with Gasteiger partial charge in [0.05, 0.1) is 11.4 Å². The predicted molar refractivity (Wildman–Crippen MR) is 123 cm³/mol.